The summed E-state index contributed by atoms with van der Waals surface area (Å²) in [5.74, 6) is 4.04. The topological polar surface area (TPSA) is 18.5 Å². The molecule has 1 aliphatic heterocycles. The van der Waals surface area contributed by atoms with E-state index in [9.17, 15) is 0 Å². The van der Waals surface area contributed by atoms with Gasteiger partial charge in [-0.15, -0.1) is 23.5 Å². The predicted octanol–water partition coefficient (Wildman–Crippen LogP) is 5.15. The van der Waals surface area contributed by atoms with E-state index in [0.29, 0.717) is 0 Å². The molecule has 116 valence electrons. The summed E-state index contributed by atoms with van der Waals surface area (Å²) in [6.07, 6.45) is 0. The average molecular weight is 397 g/mol. The minimum absolute atomic E-state index is 0.123. The van der Waals surface area contributed by atoms with E-state index in [1.807, 2.05) is 35.7 Å². The Morgan fingerprint density at radius 2 is 1.64 bits per heavy atom. The highest BCUT2D eigenvalue weighted by molar-refractivity contribution is 9.10. The molecule has 1 saturated heterocycles. The fourth-order valence-electron chi connectivity index (χ4n) is 2.60. The van der Waals surface area contributed by atoms with Gasteiger partial charge in [-0.05, 0) is 35.9 Å². The van der Waals surface area contributed by atoms with E-state index >= 15 is 0 Å². The molecule has 2 aromatic rings. The van der Waals surface area contributed by atoms with Crippen LogP contribution in [0.15, 0.2) is 46.9 Å². The van der Waals surface area contributed by atoms with Gasteiger partial charge in [0.25, 0.3) is 0 Å². The molecular weight excluding hydrogens is 380 g/mol. The second-order valence-electron chi connectivity index (χ2n) is 4.89. The quantitative estimate of drug-likeness (QED) is 0.710. The van der Waals surface area contributed by atoms with E-state index in [1.165, 1.54) is 11.1 Å². The monoisotopic (exact) mass is 396 g/mol. The summed E-state index contributed by atoms with van der Waals surface area (Å²) >= 11 is 7.67. The first-order chi connectivity index (χ1) is 10.7. The summed E-state index contributed by atoms with van der Waals surface area (Å²) in [6.45, 7) is 0. The Morgan fingerprint density at radius 1 is 0.955 bits per heavy atom. The molecule has 1 aliphatic rings. The Hall–Kier alpha value is -0.780. The normalized spacial score (nSPS) is 16.5. The summed E-state index contributed by atoms with van der Waals surface area (Å²) in [5, 5.41) is 0. The molecule has 1 fully saturated rings. The molecule has 0 aromatic heterocycles. The van der Waals surface area contributed by atoms with Crippen molar-refractivity contribution in [3.8, 4) is 11.5 Å². The van der Waals surface area contributed by atoms with Crippen LogP contribution < -0.4 is 9.47 Å². The highest BCUT2D eigenvalue weighted by Gasteiger charge is 2.41. The van der Waals surface area contributed by atoms with E-state index in [2.05, 4.69) is 46.3 Å². The molecule has 5 heteroatoms. The molecule has 0 unspecified atom stereocenters. The van der Waals surface area contributed by atoms with Crippen molar-refractivity contribution in [3.05, 3.63) is 58.1 Å². The van der Waals surface area contributed by atoms with Crippen molar-refractivity contribution in [1.29, 1.82) is 0 Å². The first kappa shape index (κ1) is 16.1. The predicted molar refractivity (Wildman–Crippen MR) is 99.4 cm³/mol. The zero-order valence-corrected chi connectivity index (χ0v) is 15.7. The van der Waals surface area contributed by atoms with Crippen molar-refractivity contribution >= 4 is 39.5 Å². The molecule has 0 saturated carbocycles. The summed E-state index contributed by atoms with van der Waals surface area (Å²) in [5.41, 5.74) is 2.50. The Labute approximate surface area is 148 Å². The summed E-state index contributed by atoms with van der Waals surface area (Å²) in [4.78, 5) is 0. The summed E-state index contributed by atoms with van der Waals surface area (Å²) in [6, 6.07) is 14.5. The second kappa shape index (κ2) is 6.77. The van der Waals surface area contributed by atoms with Gasteiger partial charge in [-0.25, -0.2) is 0 Å². The fraction of sp³-hybridized carbons (Fsp3) is 0.294. The first-order valence-electron chi connectivity index (χ1n) is 6.96. The van der Waals surface area contributed by atoms with Crippen LogP contribution in [-0.2, 0) is 4.08 Å². The molecule has 0 atom stereocenters. The number of rotatable bonds is 4. The van der Waals surface area contributed by atoms with Gasteiger partial charge in [-0.1, -0.05) is 28.1 Å². The largest absolute Gasteiger partial charge is 0.497 e. The number of thioether (sulfide) groups is 2. The Morgan fingerprint density at radius 3 is 2.32 bits per heavy atom. The Kier molecular flexibility index (Phi) is 4.95. The number of methoxy groups -OCH3 is 2. The standard InChI is InChI=1S/C17H17BrO2S2/c1-19-13-5-3-4-12(10-13)17(21-8-9-22-17)15-11-14(20-2)6-7-16(15)18/h3-7,10-11H,8-9H2,1-2H3. The second-order valence-corrected chi connectivity index (χ2v) is 8.62. The maximum atomic E-state index is 5.43. The number of hydrogen-bond donors (Lipinski definition) is 0. The van der Waals surface area contributed by atoms with Crippen LogP contribution in [0.4, 0.5) is 0 Å². The molecule has 0 radical (unpaired) electrons. The lowest BCUT2D eigenvalue weighted by Crippen LogP contribution is -2.17. The van der Waals surface area contributed by atoms with Gasteiger partial charge in [0.05, 0.1) is 14.2 Å². The van der Waals surface area contributed by atoms with Gasteiger partial charge in [0, 0.05) is 21.5 Å². The van der Waals surface area contributed by atoms with Gasteiger partial charge in [0.15, 0.2) is 0 Å². The molecule has 2 aromatic carbocycles. The molecule has 0 aliphatic carbocycles. The van der Waals surface area contributed by atoms with Crippen LogP contribution in [0.25, 0.3) is 0 Å². The van der Waals surface area contributed by atoms with E-state index in [-0.39, 0.29) is 4.08 Å². The highest BCUT2D eigenvalue weighted by Crippen LogP contribution is 2.58. The van der Waals surface area contributed by atoms with Crippen molar-refractivity contribution < 1.29 is 9.47 Å². The van der Waals surface area contributed by atoms with Crippen LogP contribution in [0.1, 0.15) is 11.1 Å². The SMILES string of the molecule is COc1cccc(C2(c3cc(OC)ccc3Br)SCCS2)c1. The molecule has 1 heterocycles. The van der Waals surface area contributed by atoms with Crippen LogP contribution in [0.3, 0.4) is 0 Å². The van der Waals surface area contributed by atoms with Crippen molar-refractivity contribution in [3.63, 3.8) is 0 Å². The van der Waals surface area contributed by atoms with Crippen LogP contribution in [0, 0.1) is 0 Å². The number of ether oxygens (including phenoxy) is 2. The third-order valence-corrected chi connectivity index (χ3v) is 7.87. The molecular formula is C17H17BrO2S2. The van der Waals surface area contributed by atoms with Gasteiger partial charge in [-0.2, -0.15) is 0 Å². The smallest absolute Gasteiger partial charge is 0.119 e. The van der Waals surface area contributed by atoms with Gasteiger partial charge >= 0.3 is 0 Å². The zero-order chi connectivity index (χ0) is 15.6. The minimum atomic E-state index is -0.123. The van der Waals surface area contributed by atoms with E-state index in [0.717, 1.165) is 27.5 Å². The molecule has 0 N–H and O–H groups in total. The molecule has 0 bridgehead atoms. The molecule has 2 nitrogen and oxygen atoms in total. The molecule has 0 amide bonds. The van der Waals surface area contributed by atoms with E-state index < -0.39 is 0 Å². The number of hydrogen-bond acceptors (Lipinski definition) is 4. The Bertz CT molecular complexity index is 669. The van der Waals surface area contributed by atoms with Gasteiger partial charge < -0.3 is 9.47 Å². The van der Waals surface area contributed by atoms with E-state index in [4.69, 9.17) is 9.47 Å². The number of halogens is 1. The molecule has 22 heavy (non-hydrogen) atoms. The van der Waals surface area contributed by atoms with Crippen LogP contribution in [0.2, 0.25) is 0 Å². The number of benzene rings is 2. The zero-order valence-electron chi connectivity index (χ0n) is 12.5. The van der Waals surface area contributed by atoms with Crippen molar-refractivity contribution in [2.45, 2.75) is 4.08 Å². The van der Waals surface area contributed by atoms with Gasteiger partial charge in [-0.3, -0.25) is 0 Å². The van der Waals surface area contributed by atoms with Gasteiger partial charge in [0.2, 0.25) is 0 Å². The van der Waals surface area contributed by atoms with Gasteiger partial charge in [0.1, 0.15) is 15.6 Å². The van der Waals surface area contributed by atoms with Crippen LogP contribution in [0.5, 0.6) is 11.5 Å². The van der Waals surface area contributed by atoms with Crippen LogP contribution in [-0.4, -0.2) is 25.7 Å². The first-order valence-corrected chi connectivity index (χ1v) is 9.72. The summed E-state index contributed by atoms with van der Waals surface area (Å²) < 4.78 is 11.8. The third-order valence-electron chi connectivity index (χ3n) is 3.67. The lowest BCUT2D eigenvalue weighted by Gasteiger charge is -2.30. The van der Waals surface area contributed by atoms with Crippen molar-refractivity contribution in [2.75, 3.05) is 25.7 Å². The summed E-state index contributed by atoms with van der Waals surface area (Å²) in [7, 11) is 3.42. The van der Waals surface area contributed by atoms with E-state index in [1.54, 1.807) is 14.2 Å². The average Bonchev–Trinajstić information content (AvgIpc) is 3.06. The maximum absolute atomic E-state index is 5.43. The Balaban J connectivity index is 2.16. The lowest BCUT2D eigenvalue weighted by molar-refractivity contribution is 0.413. The minimum Gasteiger partial charge on any atom is -0.497 e. The third kappa shape index (κ3) is 2.86. The van der Waals surface area contributed by atoms with Crippen molar-refractivity contribution in [1.82, 2.24) is 0 Å². The molecule has 0 spiro atoms. The van der Waals surface area contributed by atoms with Crippen molar-refractivity contribution in [2.24, 2.45) is 0 Å². The fourth-order valence-corrected chi connectivity index (χ4v) is 6.72. The molecule has 3 rings (SSSR count). The highest BCUT2D eigenvalue weighted by atomic mass is 79.9. The maximum Gasteiger partial charge on any atom is 0.119 e. The van der Waals surface area contributed by atoms with Crippen LogP contribution >= 0.6 is 39.5 Å². The lowest BCUT2D eigenvalue weighted by atomic mass is 10.0.